The van der Waals surface area contributed by atoms with Crippen molar-refractivity contribution in [2.75, 3.05) is 19.5 Å². The number of rotatable bonds is 8. The van der Waals surface area contributed by atoms with Gasteiger partial charge in [-0.1, -0.05) is 23.7 Å². The molecule has 0 saturated heterocycles. The van der Waals surface area contributed by atoms with Crippen LogP contribution in [0.4, 0.5) is 5.82 Å². The maximum Gasteiger partial charge on any atom is 0.238 e. The number of aromatic nitrogens is 2. The fourth-order valence-electron chi connectivity index (χ4n) is 2.80. The van der Waals surface area contributed by atoms with Gasteiger partial charge in [0.1, 0.15) is 5.82 Å². The van der Waals surface area contributed by atoms with Crippen molar-refractivity contribution in [1.29, 1.82) is 0 Å². The number of carbonyl (C=O) groups excluding carboxylic acids is 1. The molecule has 0 aliphatic carbocycles. The van der Waals surface area contributed by atoms with Crippen LogP contribution in [0.2, 0.25) is 5.02 Å². The number of ether oxygens (including phenoxy) is 2. The van der Waals surface area contributed by atoms with Gasteiger partial charge in [-0.25, -0.2) is 4.68 Å². The van der Waals surface area contributed by atoms with Gasteiger partial charge in [0.05, 0.1) is 32.2 Å². The van der Waals surface area contributed by atoms with Crippen molar-refractivity contribution >= 4 is 35.1 Å². The molecule has 2 aromatic carbocycles. The molecular formula is C21H22ClN3O3S. The summed E-state index contributed by atoms with van der Waals surface area (Å²) in [7, 11) is 3.20. The Morgan fingerprint density at radius 2 is 1.93 bits per heavy atom. The summed E-state index contributed by atoms with van der Waals surface area (Å²) in [5.74, 6) is 1.80. The largest absolute Gasteiger partial charge is 0.493 e. The second-order valence-electron chi connectivity index (χ2n) is 6.23. The second-order valence-corrected chi connectivity index (χ2v) is 8.08. The first-order valence-electron chi connectivity index (χ1n) is 8.96. The molecule has 6 nitrogen and oxygen atoms in total. The van der Waals surface area contributed by atoms with Crippen molar-refractivity contribution in [2.24, 2.45) is 0 Å². The summed E-state index contributed by atoms with van der Waals surface area (Å²) in [6, 6.07) is 14.9. The van der Waals surface area contributed by atoms with E-state index in [-0.39, 0.29) is 11.2 Å². The number of methoxy groups -OCH3 is 2. The van der Waals surface area contributed by atoms with Gasteiger partial charge in [-0.15, -0.1) is 11.8 Å². The molecule has 0 radical (unpaired) electrons. The van der Waals surface area contributed by atoms with E-state index >= 15 is 0 Å². The van der Waals surface area contributed by atoms with Gasteiger partial charge < -0.3 is 14.8 Å². The molecule has 29 heavy (non-hydrogen) atoms. The summed E-state index contributed by atoms with van der Waals surface area (Å²) in [5, 5.41) is 7.67. The maximum atomic E-state index is 12.7. The molecule has 1 atom stereocenters. The van der Waals surface area contributed by atoms with E-state index in [1.54, 1.807) is 31.2 Å². The van der Waals surface area contributed by atoms with Gasteiger partial charge >= 0.3 is 0 Å². The molecule has 1 N–H and O–H groups in total. The van der Waals surface area contributed by atoms with Crippen molar-refractivity contribution in [3.05, 3.63) is 65.3 Å². The zero-order chi connectivity index (χ0) is 20.8. The summed E-state index contributed by atoms with van der Waals surface area (Å²) in [6.45, 7) is 2.29. The fraction of sp³-hybridized carbons (Fsp3) is 0.238. The zero-order valence-electron chi connectivity index (χ0n) is 16.4. The summed E-state index contributed by atoms with van der Waals surface area (Å²) < 4.78 is 12.6. The lowest BCUT2D eigenvalue weighted by atomic mass is 10.2. The summed E-state index contributed by atoms with van der Waals surface area (Å²) in [4.78, 5) is 13.6. The number of nitrogens with one attached hydrogen (secondary N) is 1. The highest BCUT2D eigenvalue weighted by Crippen LogP contribution is 2.31. The van der Waals surface area contributed by atoms with Gasteiger partial charge in [-0.2, -0.15) is 5.10 Å². The van der Waals surface area contributed by atoms with E-state index in [4.69, 9.17) is 21.1 Å². The molecule has 0 saturated carbocycles. The van der Waals surface area contributed by atoms with E-state index in [0.29, 0.717) is 28.9 Å². The third kappa shape index (κ3) is 5.25. The molecule has 1 heterocycles. The Hall–Kier alpha value is -2.64. The van der Waals surface area contributed by atoms with E-state index in [1.807, 2.05) is 49.4 Å². The first kappa shape index (κ1) is 21.1. The number of hydrogen-bond acceptors (Lipinski definition) is 5. The van der Waals surface area contributed by atoms with Crippen LogP contribution in [0.25, 0.3) is 0 Å². The van der Waals surface area contributed by atoms with Crippen LogP contribution >= 0.6 is 23.4 Å². The lowest BCUT2D eigenvalue weighted by Gasteiger charge is -2.15. The summed E-state index contributed by atoms with van der Waals surface area (Å²) in [6.07, 6.45) is 1.65. The Kier molecular flexibility index (Phi) is 7.06. The van der Waals surface area contributed by atoms with Crippen molar-refractivity contribution in [3.8, 4) is 11.5 Å². The number of amides is 1. The number of hydrogen-bond donors (Lipinski definition) is 1. The van der Waals surface area contributed by atoms with Gasteiger partial charge in [0.15, 0.2) is 11.5 Å². The third-order valence-electron chi connectivity index (χ3n) is 4.27. The number of carbonyl (C=O) groups is 1. The van der Waals surface area contributed by atoms with Crippen LogP contribution in [-0.2, 0) is 11.3 Å². The molecule has 1 aromatic heterocycles. The number of thioether (sulfide) groups is 1. The number of halogens is 1. The minimum absolute atomic E-state index is 0.107. The molecule has 0 spiro atoms. The van der Waals surface area contributed by atoms with E-state index < -0.39 is 0 Å². The van der Waals surface area contributed by atoms with Crippen LogP contribution in [0.3, 0.4) is 0 Å². The fourth-order valence-corrected chi connectivity index (χ4v) is 3.80. The average molecular weight is 432 g/mol. The second kappa shape index (κ2) is 9.71. The van der Waals surface area contributed by atoms with Crippen LogP contribution < -0.4 is 14.8 Å². The molecular weight excluding hydrogens is 410 g/mol. The number of nitrogens with zero attached hydrogens (tertiary/aromatic N) is 2. The average Bonchev–Trinajstić information content (AvgIpc) is 3.15. The molecule has 3 rings (SSSR count). The van der Waals surface area contributed by atoms with Gasteiger partial charge in [0, 0.05) is 21.5 Å². The highest BCUT2D eigenvalue weighted by Gasteiger charge is 2.17. The van der Waals surface area contributed by atoms with Gasteiger partial charge in [0.2, 0.25) is 5.91 Å². The Morgan fingerprint density at radius 3 is 2.62 bits per heavy atom. The predicted molar refractivity (Wildman–Crippen MR) is 116 cm³/mol. The van der Waals surface area contributed by atoms with E-state index in [2.05, 4.69) is 10.4 Å². The lowest BCUT2D eigenvalue weighted by Crippen LogP contribution is -2.24. The van der Waals surface area contributed by atoms with Crippen molar-refractivity contribution in [1.82, 2.24) is 9.78 Å². The third-order valence-corrected chi connectivity index (χ3v) is 5.63. The topological polar surface area (TPSA) is 65.4 Å². The SMILES string of the molecule is COc1cccc(Cn2nccc2NC(=O)C(C)Sc2ccc(Cl)cc2)c1OC. The van der Waals surface area contributed by atoms with Gasteiger partial charge in [-0.3, -0.25) is 4.79 Å². The minimum Gasteiger partial charge on any atom is -0.493 e. The normalized spacial score (nSPS) is 11.7. The molecule has 8 heteroatoms. The number of benzene rings is 2. The highest BCUT2D eigenvalue weighted by molar-refractivity contribution is 8.00. The molecule has 0 aliphatic rings. The molecule has 1 unspecified atom stereocenters. The van der Waals surface area contributed by atoms with Crippen LogP contribution in [0.15, 0.2) is 59.6 Å². The lowest BCUT2D eigenvalue weighted by molar-refractivity contribution is -0.115. The standard InChI is InChI=1S/C21H22ClN3O3S/c1-14(29-17-9-7-16(22)8-10-17)21(26)24-19-11-12-23-25(19)13-15-5-4-6-18(27-2)20(15)28-3/h4-12,14H,13H2,1-3H3,(H,24,26). The molecule has 3 aromatic rings. The van der Waals surface area contributed by atoms with E-state index in [9.17, 15) is 4.79 Å². The first-order valence-corrected chi connectivity index (χ1v) is 10.2. The van der Waals surface area contributed by atoms with E-state index in [0.717, 1.165) is 10.5 Å². The van der Waals surface area contributed by atoms with Crippen LogP contribution in [0.5, 0.6) is 11.5 Å². The molecule has 0 bridgehead atoms. The number of anilines is 1. The van der Waals surface area contributed by atoms with Gasteiger partial charge in [0.25, 0.3) is 0 Å². The van der Waals surface area contributed by atoms with Crippen LogP contribution in [0, 0.1) is 0 Å². The van der Waals surface area contributed by atoms with Crippen molar-refractivity contribution < 1.29 is 14.3 Å². The Morgan fingerprint density at radius 1 is 1.17 bits per heavy atom. The molecule has 0 aliphatic heterocycles. The van der Waals surface area contributed by atoms with Crippen LogP contribution in [-0.4, -0.2) is 35.2 Å². The van der Waals surface area contributed by atoms with Crippen molar-refractivity contribution in [3.63, 3.8) is 0 Å². The maximum absolute atomic E-state index is 12.7. The Balaban J connectivity index is 1.70. The summed E-state index contributed by atoms with van der Waals surface area (Å²) in [5.41, 5.74) is 0.898. The predicted octanol–water partition coefficient (Wildman–Crippen LogP) is 4.72. The number of para-hydroxylation sites is 1. The zero-order valence-corrected chi connectivity index (χ0v) is 18.0. The van der Waals surface area contributed by atoms with E-state index in [1.165, 1.54) is 11.8 Å². The minimum atomic E-state index is -0.286. The molecule has 1 amide bonds. The quantitative estimate of drug-likeness (QED) is 0.523. The van der Waals surface area contributed by atoms with Crippen molar-refractivity contribution in [2.45, 2.75) is 23.6 Å². The molecule has 0 fully saturated rings. The molecule has 152 valence electrons. The first-order chi connectivity index (χ1) is 14.0. The monoisotopic (exact) mass is 431 g/mol. The Labute approximate surface area is 179 Å². The smallest absolute Gasteiger partial charge is 0.238 e. The summed E-state index contributed by atoms with van der Waals surface area (Å²) >= 11 is 7.38. The van der Waals surface area contributed by atoms with Crippen LogP contribution in [0.1, 0.15) is 12.5 Å². The highest BCUT2D eigenvalue weighted by atomic mass is 35.5. The van der Waals surface area contributed by atoms with Gasteiger partial charge in [-0.05, 0) is 37.3 Å². The Bertz CT molecular complexity index is 976.